The molecule has 0 aromatic carbocycles. The molecule has 1 rings (SSSR count). The van der Waals surface area contributed by atoms with Crippen LogP contribution in [-0.2, 0) is 0 Å². The molecule has 0 heterocycles. The third-order valence-corrected chi connectivity index (χ3v) is 3.44. The zero-order valence-corrected chi connectivity index (χ0v) is 8.98. The first-order valence-corrected chi connectivity index (χ1v) is 5.61. The van der Waals surface area contributed by atoms with Crippen LogP contribution in [0.2, 0.25) is 0 Å². The molecule has 0 aromatic heterocycles. The van der Waals surface area contributed by atoms with Crippen LogP contribution in [0.4, 0.5) is 0 Å². The molecule has 0 amide bonds. The molecule has 1 fully saturated rings. The van der Waals surface area contributed by atoms with E-state index in [0.717, 1.165) is 13.1 Å². The van der Waals surface area contributed by atoms with Crippen molar-refractivity contribution in [2.75, 3.05) is 13.1 Å². The van der Waals surface area contributed by atoms with Gasteiger partial charge in [0.25, 0.3) is 0 Å². The number of hydrogen-bond acceptors (Lipinski definition) is 1. The summed E-state index contributed by atoms with van der Waals surface area (Å²) in [5, 5.41) is 0.402. The van der Waals surface area contributed by atoms with Gasteiger partial charge in [-0.05, 0) is 25.9 Å². The van der Waals surface area contributed by atoms with Crippen molar-refractivity contribution >= 4 is 11.6 Å². The second kappa shape index (κ2) is 5.08. The van der Waals surface area contributed by atoms with Gasteiger partial charge in [0.05, 0.1) is 0 Å². The van der Waals surface area contributed by atoms with Crippen molar-refractivity contribution in [3.8, 4) is 0 Å². The molecule has 1 nitrogen and oxygen atoms in total. The molecule has 12 heavy (non-hydrogen) atoms. The summed E-state index contributed by atoms with van der Waals surface area (Å²) in [6.07, 6.45) is 5.20. The fraction of sp³-hybridized carbons (Fsp3) is 1.00. The maximum absolute atomic E-state index is 6.29. The second-order valence-electron chi connectivity index (χ2n) is 3.59. The maximum atomic E-state index is 6.29. The standard InChI is InChI=1S/C10H20ClN/c1-3-12(4-2)10-8-6-5-7-9(10)11/h9-10H,3-8H2,1-2H3. The van der Waals surface area contributed by atoms with Crippen molar-refractivity contribution in [1.82, 2.24) is 4.90 Å². The van der Waals surface area contributed by atoms with Crippen LogP contribution in [-0.4, -0.2) is 29.4 Å². The van der Waals surface area contributed by atoms with E-state index in [9.17, 15) is 0 Å². The minimum Gasteiger partial charge on any atom is -0.299 e. The molecule has 0 aromatic rings. The van der Waals surface area contributed by atoms with E-state index in [0.29, 0.717) is 11.4 Å². The lowest BCUT2D eigenvalue weighted by Crippen LogP contribution is -2.42. The minimum absolute atomic E-state index is 0.402. The summed E-state index contributed by atoms with van der Waals surface area (Å²) in [6, 6.07) is 0.649. The molecule has 2 unspecified atom stereocenters. The lowest BCUT2D eigenvalue weighted by atomic mass is 9.93. The molecule has 1 saturated carbocycles. The zero-order valence-electron chi connectivity index (χ0n) is 8.22. The first-order valence-electron chi connectivity index (χ1n) is 5.17. The average molecular weight is 190 g/mol. The van der Waals surface area contributed by atoms with Gasteiger partial charge in [0, 0.05) is 11.4 Å². The van der Waals surface area contributed by atoms with E-state index < -0.39 is 0 Å². The zero-order chi connectivity index (χ0) is 8.97. The summed E-state index contributed by atoms with van der Waals surface area (Å²) in [6.45, 7) is 6.73. The largest absolute Gasteiger partial charge is 0.299 e. The van der Waals surface area contributed by atoms with Crippen LogP contribution in [0.1, 0.15) is 39.5 Å². The number of alkyl halides is 1. The maximum Gasteiger partial charge on any atom is 0.0491 e. The average Bonchev–Trinajstić information content (AvgIpc) is 2.10. The molecule has 1 aliphatic carbocycles. The van der Waals surface area contributed by atoms with E-state index in [2.05, 4.69) is 18.7 Å². The first kappa shape index (κ1) is 10.3. The highest BCUT2D eigenvalue weighted by Gasteiger charge is 2.26. The normalized spacial score (nSPS) is 31.0. The van der Waals surface area contributed by atoms with E-state index in [1.807, 2.05) is 0 Å². The predicted octanol–water partition coefficient (Wildman–Crippen LogP) is 2.88. The molecule has 1 aliphatic rings. The van der Waals surface area contributed by atoms with E-state index in [1.165, 1.54) is 25.7 Å². The molecule has 2 heteroatoms. The van der Waals surface area contributed by atoms with Gasteiger partial charge in [0.15, 0.2) is 0 Å². The van der Waals surface area contributed by atoms with Crippen LogP contribution < -0.4 is 0 Å². The Balaban J connectivity index is 2.45. The lowest BCUT2D eigenvalue weighted by Gasteiger charge is -2.36. The lowest BCUT2D eigenvalue weighted by molar-refractivity contribution is 0.175. The number of hydrogen-bond donors (Lipinski definition) is 0. The molecule has 0 N–H and O–H groups in total. The number of rotatable bonds is 3. The Morgan fingerprint density at radius 1 is 1.17 bits per heavy atom. The van der Waals surface area contributed by atoms with Crippen LogP contribution in [0.5, 0.6) is 0 Å². The Morgan fingerprint density at radius 3 is 2.25 bits per heavy atom. The van der Waals surface area contributed by atoms with Gasteiger partial charge in [-0.25, -0.2) is 0 Å². The van der Waals surface area contributed by atoms with Crippen molar-refractivity contribution in [3.63, 3.8) is 0 Å². The van der Waals surface area contributed by atoms with E-state index in [4.69, 9.17) is 11.6 Å². The van der Waals surface area contributed by atoms with Gasteiger partial charge in [-0.1, -0.05) is 26.7 Å². The molecule has 0 spiro atoms. The third kappa shape index (κ3) is 2.37. The van der Waals surface area contributed by atoms with Crippen molar-refractivity contribution in [2.45, 2.75) is 50.9 Å². The van der Waals surface area contributed by atoms with Crippen LogP contribution >= 0.6 is 11.6 Å². The van der Waals surface area contributed by atoms with Crippen molar-refractivity contribution in [3.05, 3.63) is 0 Å². The van der Waals surface area contributed by atoms with Gasteiger partial charge in [-0.15, -0.1) is 11.6 Å². The molecule has 0 saturated heterocycles. The van der Waals surface area contributed by atoms with Gasteiger partial charge in [-0.2, -0.15) is 0 Å². The van der Waals surface area contributed by atoms with Crippen molar-refractivity contribution < 1.29 is 0 Å². The summed E-state index contributed by atoms with van der Waals surface area (Å²) < 4.78 is 0. The summed E-state index contributed by atoms with van der Waals surface area (Å²) in [4.78, 5) is 2.50. The Morgan fingerprint density at radius 2 is 1.75 bits per heavy atom. The number of nitrogens with zero attached hydrogens (tertiary/aromatic N) is 1. The molecule has 2 atom stereocenters. The fourth-order valence-electron chi connectivity index (χ4n) is 2.17. The summed E-state index contributed by atoms with van der Waals surface area (Å²) in [5.41, 5.74) is 0. The number of halogens is 1. The molecular weight excluding hydrogens is 170 g/mol. The van der Waals surface area contributed by atoms with Crippen LogP contribution in [0.25, 0.3) is 0 Å². The van der Waals surface area contributed by atoms with E-state index in [1.54, 1.807) is 0 Å². The highest BCUT2D eigenvalue weighted by atomic mass is 35.5. The Kier molecular flexibility index (Phi) is 4.38. The molecule has 0 aliphatic heterocycles. The van der Waals surface area contributed by atoms with Gasteiger partial charge < -0.3 is 0 Å². The topological polar surface area (TPSA) is 3.24 Å². The SMILES string of the molecule is CCN(CC)C1CCCCC1Cl. The highest BCUT2D eigenvalue weighted by Crippen LogP contribution is 2.26. The highest BCUT2D eigenvalue weighted by molar-refractivity contribution is 6.21. The second-order valence-corrected chi connectivity index (χ2v) is 4.15. The minimum atomic E-state index is 0.402. The van der Waals surface area contributed by atoms with Gasteiger partial charge in [0.1, 0.15) is 0 Å². The smallest absolute Gasteiger partial charge is 0.0491 e. The third-order valence-electron chi connectivity index (χ3n) is 2.93. The van der Waals surface area contributed by atoms with Gasteiger partial charge in [0.2, 0.25) is 0 Å². The molecule has 72 valence electrons. The van der Waals surface area contributed by atoms with Gasteiger partial charge >= 0.3 is 0 Å². The van der Waals surface area contributed by atoms with Crippen molar-refractivity contribution in [2.24, 2.45) is 0 Å². The van der Waals surface area contributed by atoms with E-state index >= 15 is 0 Å². The summed E-state index contributed by atoms with van der Waals surface area (Å²) in [7, 11) is 0. The molecular formula is C10H20ClN. The molecule has 0 bridgehead atoms. The quantitative estimate of drug-likeness (QED) is 0.618. The van der Waals surface area contributed by atoms with Crippen LogP contribution in [0.3, 0.4) is 0 Å². The fourth-order valence-corrected chi connectivity index (χ4v) is 2.61. The van der Waals surface area contributed by atoms with Crippen molar-refractivity contribution in [1.29, 1.82) is 0 Å². The Bertz CT molecular complexity index is 123. The summed E-state index contributed by atoms with van der Waals surface area (Å²) in [5.74, 6) is 0. The summed E-state index contributed by atoms with van der Waals surface area (Å²) >= 11 is 6.29. The monoisotopic (exact) mass is 189 g/mol. The van der Waals surface area contributed by atoms with Crippen LogP contribution in [0.15, 0.2) is 0 Å². The Hall–Kier alpha value is 0.250. The molecule has 0 radical (unpaired) electrons. The van der Waals surface area contributed by atoms with E-state index in [-0.39, 0.29) is 0 Å². The van der Waals surface area contributed by atoms with Gasteiger partial charge in [-0.3, -0.25) is 4.90 Å². The van der Waals surface area contributed by atoms with Crippen LogP contribution in [0, 0.1) is 0 Å². The predicted molar refractivity (Wildman–Crippen MR) is 54.8 cm³/mol. The first-order chi connectivity index (χ1) is 5.79. The Labute approximate surface area is 81.1 Å².